The predicted molar refractivity (Wildman–Crippen MR) is 104 cm³/mol. The van der Waals surface area contributed by atoms with E-state index in [9.17, 15) is 4.39 Å². The Balaban J connectivity index is 0.00000225. The van der Waals surface area contributed by atoms with Crippen LogP contribution in [0.4, 0.5) is 4.39 Å². The van der Waals surface area contributed by atoms with Gasteiger partial charge >= 0.3 is 0 Å². The second kappa shape index (κ2) is 9.40. The molecule has 0 atom stereocenters. The van der Waals surface area contributed by atoms with Crippen LogP contribution in [0.2, 0.25) is 0 Å². The third-order valence-corrected chi connectivity index (χ3v) is 4.03. The quantitative estimate of drug-likeness (QED) is 0.564. The molecule has 0 saturated heterocycles. The van der Waals surface area contributed by atoms with Crippen molar-refractivity contribution in [2.45, 2.75) is 26.5 Å². The van der Waals surface area contributed by atoms with E-state index in [4.69, 9.17) is 4.74 Å². The van der Waals surface area contributed by atoms with Crippen molar-refractivity contribution in [3.63, 3.8) is 0 Å². The van der Waals surface area contributed by atoms with Gasteiger partial charge in [-0.05, 0) is 47.5 Å². The van der Waals surface area contributed by atoms with Crippen molar-refractivity contribution in [1.29, 1.82) is 0 Å². The fraction of sp³-hybridized carbons (Fsp3) is 0.238. The van der Waals surface area contributed by atoms with Crippen molar-refractivity contribution in [3.05, 3.63) is 77.6 Å². The molecule has 3 aromatic rings. The summed E-state index contributed by atoms with van der Waals surface area (Å²) < 4.78 is 19.1. The van der Waals surface area contributed by atoms with Gasteiger partial charge in [-0.1, -0.05) is 49.4 Å². The molecule has 3 rings (SSSR count). The van der Waals surface area contributed by atoms with Crippen molar-refractivity contribution in [1.82, 2.24) is 5.32 Å². The number of nitrogens with one attached hydrogen (secondary N) is 1. The van der Waals surface area contributed by atoms with Gasteiger partial charge in [-0.25, -0.2) is 4.39 Å². The van der Waals surface area contributed by atoms with Crippen LogP contribution in [0.15, 0.2) is 60.7 Å². The number of fused-ring (bicyclic) bond motifs is 1. The predicted octanol–water partition coefficient (Wildman–Crippen LogP) is 5.48. The van der Waals surface area contributed by atoms with Crippen LogP contribution < -0.4 is 10.1 Å². The summed E-state index contributed by atoms with van der Waals surface area (Å²) in [7, 11) is 0. The summed E-state index contributed by atoms with van der Waals surface area (Å²) in [5, 5.41) is 5.87. The molecule has 0 spiro atoms. The van der Waals surface area contributed by atoms with E-state index in [0.29, 0.717) is 6.61 Å². The van der Waals surface area contributed by atoms with Crippen molar-refractivity contribution in [3.8, 4) is 5.75 Å². The minimum Gasteiger partial charge on any atom is -0.489 e. The van der Waals surface area contributed by atoms with Gasteiger partial charge in [-0.3, -0.25) is 0 Å². The maximum Gasteiger partial charge on any atom is 0.124 e. The van der Waals surface area contributed by atoms with E-state index in [2.05, 4.69) is 36.5 Å². The topological polar surface area (TPSA) is 21.3 Å². The monoisotopic (exact) mass is 359 g/mol. The molecule has 0 fully saturated rings. The van der Waals surface area contributed by atoms with Crippen LogP contribution in [0.3, 0.4) is 0 Å². The Morgan fingerprint density at radius 1 is 0.960 bits per heavy atom. The lowest BCUT2D eigenvalue weighted by molar-refractivity contribution is 0.302. The molecule has 0 heterocycles. The fourth-order valence-corrected chi connectivity index (χ4v) is 2.77. The molecular weight excluding hydrogens is 337 g/mol. The lowest BCUT2D eigenvalue weighted by Crippen LogP contribution is -2.15. The van der Waals surface area contributed by atoms with Crippen LogP contribution in [0.25, 0.3) is 10.8 Å². The van der Waals surface area contributed by atoms with E-state index < -0.39 is 0 Å². The van der Waals surface area contributed by atoms with Gasteiger partial charge in [0, 0.05) is 12.1 Å². The molecule has 0 aromatic heterocycles. The van der Waals surface area contributed by atoms with Crippen LogP contribution in [-0.4, -0.2) is 6.54 Å². The van der Waals surface area contributed by atoms with Gasteiger partial charge in [-0.2, -0.15) is 0 Å². The largest absolute Gasteiger partial charge is 0.489 e. The molecule has 2 nitrogen and oxygen atoms in total. The first-order valence-electron chi connectivity index (χ1n) is 8.36. The smallest absolute Gasteiger partial charge is 0.124 e. The van der Waals surface area contributed by atoms with E-state index in [1.807, 2.05) is 12.1 Å². The Morgan fingerprint density at radius 3 is 2.48 bits per heavy atom. The Morgan fingerprint density at radius 2 is 1.72 bits per heavy atom. The number of hydrogen-bond acceptors (Lipinski definition) is 2. The maximum atomic E-state index is 13.0. The highest BCUT2D eigenvalue weighted by Crippen LogP contribution is 2.28. The number of benzene rings is 3. The van der Waals surface area contributed by atoms with Gasteiger partial charge in [-0.15, -0.1) is 12.4 Å². The molecule has 132 valence electrons. The van der Waals surface area contributed by atoms with Crippen molar-refractivity contribution < 1.29 is 9.13 Å². The molecule has 0 saturated carbocycles. The van der Waals surface area contributed by atoms with Crippen molar-refractivity contribution >= 4 is 23.2 Å². The zero-order chi connectivity index (χ0) is 16.8. The normalized spacial score (nSPS) is 10.5. The highest BCUT2D eigenvalue weighted by molar-refractivity contribution is 5.87. The number of hydrogen-bond donors (Lipinski definition) is 1. The van der Waals surface area contributed by atoms with Crippen LogP contribution in [-0.2, 0) is 13.2 Å². The molecule has 0 radical (unpaired) electrons. The Kier molecular flexibility index (Phi) is 7.23. The highest BCUT2D eigenvalue weighted by Gasteiger charge is 2.09. The lowest BCUT2D eigenvalue weighted by atomic mass is 10.0. The molecule has 0 aliphatic heterocycles. The summed E-state index contributed by atoms with van der Waals surface area (Å²) in [6, 6.07) is 18.9. The van der Waals surface area contributed by atoms with Crippen molar-refractivity contribution in [2.24, 2.45) is 0 Å². The summed E-state index contributed by atoms with van der Waals surface area (Å²) in [6.07, 6.45) is 1.09. The second-order valence-electron chi connectivity index (χ2n) is 5.86. The zero-order valence-electron chi connectivity index (χ0n) is 14.3. The molecule has 0 aliphatic rings. The van der Waals surface area contributed by atoms with E-state index in [0.717, 1.165) is 30.8 Å². The summed E-state index contributed by atoms with van der Waals surface area (Å²) in [5.74, 6) is 0.649. The third-order valence-electron chi connectivity index (χ3n) is 4.03. The highest BCUT2D eigenvalue weighted by atomic mass is 35.5. The van der Waals surface area contributed by atoms with E-state index in [1.54, 1.807) is 12.1 Å². The van der Waals surface area contributed by atoms with E-state index >= 15 is 0 Å². The van der Waals surface area contributed by atoms with Gasteiger partial charge in [0.15, 0.2) is 0 Å². The third kappa shape index (κ3) is 4.94. The standard InChI is InChI=1S/C21H22FNO.ClH/c1-2-13-23-14-20-19-6-4-3-5-17(19)9-12-21(20)24-15-16-7-10-18(22)11-8-16;/h3-12,23H,2,13-15H2,1H3;1H. The van der Waals surface area contributed by atoms with Gasteiger partial charge < -0.3 is 10.1 Å². The maximum absolute atomic E-state index is 13.0. The molecular formula is C21H23ClFNO. The minimum absolute atomic E-state index is 0. The SMILES string of the molecule is CCCNCc1c(OCc2ccc(F)cc2)ccc2ccccc12.Cl. The van der Waals surface area contributed by atoms with Gasteiger partial charge in [0.2, 0.25) is 0 Å². The Labute approximate surface area is 154 Å². The van der Waals surface area contributed by atoms with Gasteiger partial charge in [0.25, 0.3) is 0 Å². The number of rotatable bonds is 7. The number of ether oxygens (including phenoxy) is 1. The minimum atomic E-state index is -0.228. The average Bonchev–Trinajstić information content (AvgIpc) is 2.62. The summed E-state index contributed by atoms with van der Waals surface area (Å²) >= 11 is 0. The first kappa shape index (κ1) is 19.2. The molecule has 4 heteroatoms. The molecule has 3 aromatic carbocycles. The molecule has 0 aliphatic carbocycles. The van der Waals surface area contributed by atoms with E-state index in [1.165, 1.54) is 28.5 Å². The fourth-order valence-electron chi connectivity index (χ4n) is 2.77. The molecule has 0 bridgehead atoms. The average molecular weight is 360 g/mol. The lowest BCUT2D eigenvalue weighted by Gasteiger charge is -2.15. The van der Waals surface area contributed by atoms with Crippen LogP contribution >= 0.6 is 12.4 Å². The molecule has 0 amide bonds. The first-order valence-corrected chi connectivity index (χ1v) is 8.36. The van der Waals surface area contributed by atoms with Gasteiger partial charge in [0.1, 0.15) is 18.2 Å². The molecule has 0 unspecified atom stereocenters. The van der Waals surface area contributed by atoms with Gasteiger partial charge in [0.05, 0.1) is 0 Å². The summed E-state index contributed by atoms with van der Waals surface area (Å²) in [5.41, 5.74) is 2.13. The molecule has 1 N–H and O–H groups in total. The Hall–Kier alpha value is -2.10. The summed E-state index contributed by atoms with van der Waals surface area (Å²) in [4.78, 5) is 0. The second-order valence-corrected chi connectivity index (χ2v) is 5.86. The zero-order valence-corrected chi connectivity index (χ0v) is 15.1. The van der Waals surface area contributed by atoms with Crippen molar-refractivity contribution in [2.75, 3.05) is 6.54 Å². The number of halogens is 2. The molecule has 25 heavy (non-hydrogen) atoms. The first-order chi connectivity index (χ1) is 11.8. The van der Waals surface area contributed by atoms with Crippen LogP contribution in [0.5, 0.6) is 5.75 Å². The van der Waals surface area contributed by atoms with E-state index in [-0.39, 0.29) is 18.2 Å². The summed E-state index contributed by atoms with van der Waals surface area (Å²) in [6.45, 7) is 4.33. The van der Waals surface area contributed by atoms with Crippen LogP contribution in [0.1, 0.15) is 24.5 Å². The van der Waals surface area contributed by atoms with Crippen LogP contribution in [0, 0.1) is 5.82 Å². The Bertz CT molecular complexity index is 805.